The van der Waals surface area contributed by atoms with Gasteiger partial charge in [0, 0.05) is 16.7 Å². The molecule has 2 nitrogen and oxygen atoms in total. The highest BCUT2D eigenvalue weighted by atomic mass is 32.2. The van der Waals surface area contributed by atoms with Gasteiger partial charge in [-0.3, -0.25) is 0 Å². The van der Waals surface area contributed by atoms with Crippen LogP contribution in [-0.4, -0.2) is 5.25 Å². The average Bonchev–Trinajstić information content (AvgIpc) is 2.17. The smallest absolute Gasteiger partial charge is 0.100 e. The molecule has 0 aliphatic heterocycles. The minimum atomic E-state index is 0.487. The summed E-state index contributed by atoms with van der Waals surface area (Å²) in [4.78, 5) is 1.04. The van der Waals surface area contributed by atoms with E-state index in [4.69, 9.17) is 11.0 Å². The molecule has 74 valence electrons. The first-order valence-corrected chi connectivity index (χ1v) is 5.45. The number of rotatable bonds is 3. The van der Waals surface area contributed by atoms with E-state index in [1.54, 1.807) is 11.8 Å². The van der Waals surface area contributed by atoms with E-state index in [9.17, 15) is 0 Å². The van der Waals surface area contributed by atoms with Crippen molar-refractivity contribution in [3.05, 3.63) is 29.3 Å². The third-order valence-corrected chi connectivity index (χ3v) is 2.84. The summed E-state index contributed by atoms with van der Waals surface area (Å²) in [6, 6.07) is 8.02. The van der Waals surface area contributed by atoms with Crippen LogP contribution in [0.4, 0.5) is 0 Å². The van der Waals surface area contributed by atoms with Crippen molar-refractivity contribution in [3.63, 3.8) is 0 Å². The van der Waals surface area contributed by atoms with Gasteiger partial charge in [0.15, 0.2) is 0 Å². The number of nitrogens with zero attached hydrogens (tertiary/aromatic N) is 1. The van der Waals surface area contributed by atoms with Crippen molar-refractivity contribution in [1.29, 1.82) is 5.26 Å². The van der Waals surface area contributed by atoms with Gasteiger partial charge in [0.25, 0.3) is 0 Å². The molecule has 2 N–H and O–H groups in total. The van der Waals surface area contributed by atoms with Gasteiger partial charge in [0.05, 0.1) is 5.56 Å². The van der Waals surface area contributed by atoms with Gasteiger partial charge in [-0.15, -0.1) is 11.8 Å². The lowest BCUT2D eigenvalue weighted by Crippen LogP contribution is -1.97. The molecule has 0 aliphatic rings. The van der Waals surface area contributed by atoms with Gasteiger partial charge in [-0.05, 0) is 17.7 Å². The summed E-state index contributed by atoms with van der Waals surface area (Å²) in [7, 11) is 0. The Morgan fingerprint density at radius 2 is 2.21 bits per heavy atom. The molecule has 0 bridgehead atoms. The molecule has 1 aromatic carbocycles. The lowest BCUT2D eigenvalue weighted by molar-refractivity contribution is 1.06. The number of hydrogen-bond donors (Lipinski definition) is 1. The molecule has 0 saturated heterocycles. The summed E-state index contributed by atoms with van der Waals surface area (Å²) in [6.07, 6.45) is 0. The Morgan fingerprint density at radius 3 is 2.71 bits per heavy atom. The molecular formula is C11H14N2S. The Balaban J connectivity index is 3.01. The van der Waals surface area contributed by atoms with Crippen molar-refractivity contribution in [3.8, 4) is 6.07 Å². The number of thioether (sulfide) groups is 1. The van der Waals surface area contributed by atoms with Crippen molar-refractivity contribution in [2.45, 2.75) is 30.5 Å². The average molecular weight is 206 g/mol. The molecule has 0 spiro atoms. The van der Waals surface area contributed by atoms with E-state index in [1.807, 2.05) is 18.2 Å². The molecule has 0 aromatic heterocycles. The third kappa shape index (κ3) is 2.76. The predicted octanol–water partition coefficient (Wildman–Crippen LogP) is 2.52. The van der Waals surface area contributed by atoms with E-state index < -0.39 is 0 Å². The molecule has 0 amide bonds. The first-order valence-electron chi connectivity index (χ1n) is 4.57. The monoisotopic (exact) mass is 206 g/mol. The quantitative estimate of drug-likeness (QED) is 0.773. The SMILES string of the molecule is CC(C)Sc1ccc(CN)cc1C#N. The summed E-state index contributed by atoms with van der Waals surface area (Å²) in [5, 5.41) is 9.44. The third-order valence-electron chi connectivity index (χ3n) is 1.76. The van der Waals surface area contributed by atoms with Crippen LogP contribution in [-0.2, 0) is 6.54 Å². The van der Waals surface area contributed by atoms with Crippen LogP contribution in [0, 0.1) is 11.3 Å². The Morgan fingerprint density at radius 1 is 1.50 bits per heavy atom. The van der Waals surface area contributed by atoms with E-state index in [-0.39, 0.29) is 0 Å². The van der Waals surface area contributed by atoms with Gasteiger partial charge in [0.2, 0.25) is 0 Å². The molecule has 0 fully saturated rings. The van der Waals surface area contributed by atoms with Crippen LogP contribution in [0.5, 0.6) is 0 Å². The fourth-order valence-corrected chi connectivity index (χ4v) is 2.03. The predicted molar refractivity (Wildman–Crippen MR) is 60.0 cm³/mol. The van der Waals surface area contributed by atoms with Gasteiger partial charge in [-0.25, -0.2) is 0 Å². The van der Waals surface area contributed by atoms with Crippen molar-refractivity contribution < 1.29 is 0 Å². The van der Waals surface area contributed by atoms with Gasteiger partial charge in [-0.1, -0.05) is 19.9 Å². The summed E-state index contributed by atoms with van der Waals surface area (Å²) in [5.41, 5.74) is 7.25. The largest absolute Gasteiger partial charge is 0.326 e. The Kier molecular flexibility index (Phi) is 3.99. The van der Waals surface area contributed by atoms with E-state index in [0.29, 0.717) is 11.8 Å². The molecule has 0 aliphatic carbocycles. The summed E-state index contributed by atoms with van der Waals surface area (Å²) in [6.45, 7) is 4.71. The standard InChI is InChI=1S/C11H14N2S/c1-8(2)14-11-4-3-9(6-12)5-10(11)7-13/h3-5,8H,6,12H2,1-2H3. The molecule has 0 unspecified atom stereocenters. The maximum atomic E-state index is 8.95. The van der Waals surface area contributed by atoms with E-state index >= 15 is 0 Å². The lowest BCUT2D eigenvalue weighted by atomic mass is 10.1. The van der Waals surface area contributed by atoms with Crippen molar-refractivity contribution >= 4 is 11.8 Å². The first kappa shape index (κ1) is 11.1. The fraction of sp³-hybridized carbons (Fsp3) is 0.364. The van der Waals surface area contributed by atoms with Crippen molar-refractivity contribution in [1.82, 2.24) is 0 Å². The van der Waals surface area contributed by atoms with Gasteiger partial charge < -0.3 is 5.73 Å². The van der Waals surface area contributed by atoms with Crippen molar-refractivity contribution in [2.24, 2.45) is 5.73 Å². The Labute approximate surface area is 89.1 Å². The highest BCUT2D eigenvalue weighted by molar-refractivity contribution is 8.00. The van der Waals surface area contributed by atoms with Gasteiger partial charge in [0.1, 0.15) is 6.07 Å². The van der Waals surface area contributed by atoms with Crippen LogP contribution in [0.2, 0.25) is 0 Å². The molecule has 0 heterocycles. The zero-order chi connectivity index (χ0) is 10.6. The molecule has 0 saturated carbocycles. The zero-order valence-corrected chi connectivity index (χ0v) is 9.27. The van der Waals surface area contributed by atoms with E-state index in [0.717, 1.165) is 16.0 Å². The molecule has 3 heteroatoms. The second kappa shape index (κ2) is 5.04. The normalized spacial score (nSPS) is 10.2. The number of nitrogens with two attached hydrogens (primary N) is 1. The molecule has 0 radical (unpaired) electrons. The summed E-state index contributed by atoms with van der Waals surface area (Å²) >= 11 is 1.71. The number of hydrogen-bond acceptors (Lipinski definition) is 3. The minimum absolute atomic E-state index is 0.487. The number of nitriles is 1. The Hall–Kier alpha value is -0.980. The highest BCUT2D eigenvalue weighted by Crippen LogP contribution is 2.26. The maximum Gasteiger partial charge on any atom is 0.100 e. The van der Waals surface area contributed by atoms with Crippen LogP contribution >= 0.6 is 11.8 Å². The molecule has 1 aromatic rings. The maximum absolute atomic E-state index is 8.95. The highest BCUT2D eigenvalue weighted by Gasteiger charge is 2.05. The second-order valence-electron chi connectivity index (χ2n) is 3.31. The summed E-state index contributed by atoms with van der Waals surface area (Å²) < 4.78 is 0. The first-order chi connectivity index (χ1) is 6.67. The molecule has 1 rings (SSSR count). The van der Waals surface area contributed by atoms with Crippen LogP contribution in [0.1, 0.15) is 25.0 Å². The lowest BCUT2D eigenvalue weighted by Gasteiger charge is -2.07. The molecule has 0 atom stereocenters. The van der Waals surface area contributed by atoms with Crippen LogP contribution in [0.25, 0.3) is 0 Å². The Bertz CT molecular complexity index is 353. The van der Waals surface area contributed by atoms with Gasteiger partial charge >= 0.3 is 0 Å². The summed E-state index contributed by atoms with van der Waals surface area (Å²) in [5.74, 6) is 0. The molecular weight excluding hydrogens is 192 g/mol. The fourth-order valence-electron chi connectivity index (χ4n) is 1.15. The van der Waals surface area contributed by atoms with E-state index in [1.165, 1.54) is 0 Å². The topological polar surface area (TPSA) is 49.8 Å². The van der Waals surface area contributed by atoms with Gasteiger partial charge in [-0.2, -0.15) is 5.26 Å². The number of benzene rings is 1. The molecule has 14 heavy (non-hydrogen) atoms. The second-order valence-corrected chi connectivity index (χ2v) is 4.93. The van der Waals surface area contributed by atoms with Crippen molar-refractivity contribution in [2.75, 3.05) is 0 Å². The zero-order valence-electron chi connectivity index (χ0n) is 8.45. The van der Waals surface area contributed by atoms with E-state index in [2.05, 4.69) is 19.9 Å². The van der Waals surface area contributed by atoms with Crippen LogP contribution in [0.15, 0.2) is 23.1 Å². The minimum Gasteiger partial charge on any atom is -0.326 e. The van der Waals surface area contributed by atoms with Crippen LogP contribution < -0.4 is 5.73 Å². The van der Waals surface area contributed by atoms with Crippen LogP contribution in [0.3, 0.4) is 0 Å².